The second kappa shape index (κ2) is 57.4. The van der Waals surface area contributed by atoms with Crippen molar-refractivity contribution >= 4 is 17.9 Å². The first-order valence-corrected chi connectivity index (χ1v) is 29.4. The summed E-state index contributed by atoms with van der Waals surface area (Å²) in [6, 6.07) is 0. The lowest BCUT2D eigenvalue weighted by atomic mass is 10.1. The van der Waals surface area contributed by atoms with E-state index in [0.29, 0.717) is 19.3 Å². The number of ether oxygens (including phenoxy) is 3. The van der Waals surface area contributed by atoms with Crippen LogP contribution in [0.1, 0.15) is 290 Å². The van der Waals surface area contributed by atoms with Crippen LogP contribution in [-0.4, -0.2) is 37.2 Å². The fourth-order valence-corrected chi connectivity index (χ4v) is 8.29. The van der Waals surface area contributed by atoms with Gasteiger partial charge in [-0.3, -0.25) is 14.4 Å². The fourth-order valence-electron chi connectivity index (χ4n) is 8.29. The summed E-state index contributed by atoms with van der Waals surface area (Å²) in [7, 11) is 0. The van der Waals surface area contributed by atoms with Gasteiger partial charge in [0.2, 0.25) is 0 Å². The predicted octanol–water partition coefficient (Wildman–Crippen LogP) is 19.8. The van der Waals surface area contributed by atoms with E-state index in [4.69, 9.17) is 14.2 Å². The van der Waals surface area contributed by atoms with Crippen LogP contribution in [-0.2, 0) is 28.6 Å². The molecule has 0 aromatic heterocycles. The molecule has 0 saturated carbocycles. The third kappa shape index (κ3) is 55.6. The highest BCUT2D eigenvalue weighted by molar-refractivity contribution is 5.71. The summed E-state index contributed by atoms with van der Waals surface area (Å²) in [5.41, 5.74) is 0. The van der Waals surface area contributed by atoms with Gasteiger partial charge in [0.15, 0.2) is 6.10 Å². The first-order chi connectivity index (χ1) is 34.0. The number of esters is 3. The Morgan fingerprint density at radius 2 is 0.565 bits per heavy atom. The molecule has 6 heteroatoms. The zero-order valence-corrected chi connectivity index (χ0v) is 45.6. The molecular formula is C63H110O6. The van der Waals surface area contributed by atoms with Crippen molar-refractivity contribution in [2.24, 2.45) is 0 Å². The average molecular weight is 964 g/mol. The Labute approximate surface area is 427 Å². The van der Waals surface area contributed by atoms with E-state index in [1.807, 2.05) is 0 Å². The zero-order valence-electron chi connectivity index (χ0n) is 45.6. The molecule has 0 aromatic rings. The van der Waals surface area contributed by atoms with Gasteiger partial charge in [0.05, 0.1) is 0 Å². The molecule has 0 N–H and O–H groups in total. The predicted molar refractivity (Wildman–Crippen MR) is 298 cm³/mol. The van der Waals surface area contributed by atoms with E-state index >= 15 is 0 Å². The zero-order chi connectivity index (χ0) is 50.0. The maximum absolute atomic E-state index is 12.9. The Balaban J connectivity index is 4.33. The van der Waals surface area contributed by atoms with Gasteiger partial charge in [-0.25, -0.2) is 0 Å². The molecule has 0 radical (unpaired) electrons. The number of hydrogen-bond donors (Lipinski definition) is 0. The van der Waals surface area contributed by atoms with Crippen LogP contribution in [0.25, 0.3) is 0 Å². The molecule has 0 saturated heterocycles. The summed E-state index contributed by atoms with van der Waals surface area (Å²) in [5.74, 6) is -0.885. The van der Waals surface area contributed by atoms with Gasteiger partial charge in [0, 0.05) is 19.3 Å². The number of allylic oxidation sites excluding steroid dienone is 12. The molecule has 0 aliphatic carbocycles. The maximum atomic E-state index is 12.9. The smallest absolute Gasteiger partial charge is 0.306 e. The molecule has 0 spiro atoms. The van der Waals surface area contributed by atoms with E-state index < -0.39 is 6.10 Å². The lowest BCUT2D eigenvalue weighted by molar-refractivity contribution is -0.167. The third-order valence-corrected chi connectivity index (χ3v) is 12.7. The third-order valence-electron chi connectivity index (χ3n) is 12.7. The van der Waals surface area contributed by atoms with Gasteiger partial charge in [-0.2, -0.15) is 0 Å². The van der Waals surface area contributed by atoms with Crippen LogP contribution in [0.5, 0.6) is 0 Å². The van der Waals surface area contributed by atoms with E-state index in [-0.39, 0.29) is 31.1 Å². The second-order valence-electron chi connectivity index (χ2n) is 19.5. The summed E-state index contributed by atoms with van der Waals surface area (Å²) in [6.07, 6.45) is 73.2. The molecule has 0 rings (SSSR count). The van der Waals surface area contributed by atoms with Crippen LogP contribution in [0.2, 0.25) is 0 Å². The van der Waals surface area contributed by atoms with E-state index in [2.05, 4.69) is 93.7 Å². The molecule has 6 nitrogen and oxygen atoms in total. The van der Waals surface area contributed by atoms with Crippen LogP contribution < -0.4 is 0 Å². The summed E-state index contributed by atoms with van der Waals surface area (Å²) in [6.45, 7) is 6.52. The quantitative estimate of drug-likeness (QED) is 0.0262. The van der Waals surface area contributed by atoms with Gasteiger partial charge in [-0.15, -0.1) is 0 Å². The molecule has 0 amide bonds. The molecule has 0 bridgehead atoms. The topological polar surface area (TPSA) is 78.9 Å². The van der Waals surface area contributed by atoms with Crippen molar-refractivity contribution in [3.05, 3.63) is 72.9 Å². The second-order valence-corrected chi connectivity index (χ2v) is 19.5. The number of unbranched alkanes of at least 4 members (excludes halogenated alkanes) is 30. The Hall–Kier alpha value is -3.15. The molecule has 0 fully saturated rings. The molecule has 0 heterocycles. The first-order valence-electron chi connectivity index (χ1n) is 29.4. The Morgan fingerprint density at radius 3 is 0.899 bits per heavy atom. The summed E-state index contributed by atoms with van der Waals surface area (Å²) in [5, 5.41) is 0. The number of carbonyl (C=O) groups is 3. The summed E-state index contributed by atoms with van der Waals surface area (Å²) in [4.78, 5) is 38.1. The summed E-state index contributed by atoms with van der Waals surface area (Å²) < 4.78 is 16.9. The molecule has 0 aliphatic rings. The van der Waals surface area contributed by atoms with Gasteiger partial charge in [0.1, 0.15) is 13.2 Å². The lowest BCUT2D eigenvalue weighted by Crippen LogP contribution is -2.30. The van der Waals surface area contributed by atoms with Crippen LogP contribution in [0.4, 0.5) is 0 Å². The van der Waals surface area contributed by atoms with Gasteiger partial charge in [-0.05, 0) is 89.9 Å². The highest BCUT2D eigenvalue weighted by Gasteiger charge is 2.19. The highest BCUT2D eigenvalue weighted by atomic mass is 16.6. The van der Waals surface area contributed by atoms with Crippen molar-refractivity contribution in [3.63, 3.8) is 0 Å². The molecule has 0 aromatic carbocycles. The minimum Gasteiger partial charge on any atom is -0.462 e. The summed E-state index contributed by atoms with van der Waals surface area (Å²) >= 11 is 0. The molecule has 398 valence electrons. The van der Waals surface area contributed by atoms with Crippen molar-refractivity contribution in [2.75, 3.05) is 13.2 Å². The van der Waals surface area contributed by atoms with E-state index in [0.717, 1.165) is 96.3 Å². The van der Waals surface area contributed by atoms with Gasteiger partial charge < -0.3 is 14.2 Å². The van der Waals surface area contributed by atoms with Crippen LogP contribution >= 0.6 is 0 Å². The minimum atomic E-state index is -0.780. The first kappa shape index (κ1) is 65.8. The average Bonchev–Trinajstić information content (AvgIpc) is 3.35. The molecule has 1 atom stereocenters. The Morgan fingerprint density at radius 1 is 0.304 bits per heavy atom. The fraction of sp³-hybridized carbons (Fsp3) is 0.762. The SMILES string of the molecule is CC/C=C\C/C=C\C/C=C\C/C=C\C/C=C\CCCCCCCCCC(=O)OCC(COC(=O)CCCCCCCCCCCCC)OC(=O)CCCCCCCCC/C=C\CCCCCCCC. The minimum absolute atomic E-state index is 0.0782. The standard InChI is InChI=1S/C63H110O6/c1-4-7-10-13-16-19-22-24-26-28-29-30-31-32-33-35-36-38-41-44-47-50-53-56-62(65)68-59-60(58-67-61(64)55-52-49-46-43-40-21-18-15-12-9-6-3)69-63(66)57-54-51-48-45-42-39-37-34-27-25-23-20-17-14-11-8-5-2/h7,10,16,19,24-27,29-30,32-33,60H,4-6,8-9,11-15,17-18,20-23,28,31,34-59H2,1-3H3/b10-7-,19-16-,26-24-,27-25-,30-29-,33-32-. The highest BCUT2D eigenvalue weighted by Crippen LogP contribution is 2.16. The number of carbonyl (C=O) groups excluding carboxylic acids is 3. The molecule has 1 unspecified atom stereocenters. The number of rotatable bonds is 53. The van der Waals surface area contributed by atoms with Crippen molar-refractivity contribution < 1.29 is 28.6 Å². The van der Waals surface area contributed by atoms with Crippen molar-refractivity contribution in [1.82, 2.24) is 0 Å². The van der Waals surface area contributed by atoms with E-state index in [1.54, 1.807) is 0 Å². The molecular weight excluding hydrogens is 853 g/mol. The normalized spacial score (nSPS) is 12.6. The largest absolute Gasteiger partial charge is 0.462 e. The molecule has 0 aliphatic heterocycles. The lowest BCUT2D eigenvalue weighted by Gasteiger charge is -2.18. The van der Waals surface area contributed by atoms with Gasteiger partial charge >= 0.3 is 17.9 Å². The van der Waals surface area contributed by atoms with Gasteiger partial charge in [-0.1, -0.05) is 254 Å². The van der Waals surface area contributed by atoms with Crippen LogP contribution in [0, 0.1) is 0 Å². The van der Waals surface area contributed by atoms with Crippen LogP contribution in [0.3, 0.4) is 0 Å². The van der Waals surface area contributed by atoms with Crippen molar-refractivity contribution in [3.8, 4) is 0 Å². The monoisotopic (exact) mass is 963 g/mol. The van der Waals surface area contributed by atoms with Gasteiger partial charge in [0.25, 0.3) is 0 Å². The number of hydrogen-bond acceptors (Lipinski definition) is 6. The Bertz CT molecular complexity index is 1290. The van der Waals surface area contributed by atoms with Crippen LogP contribution in [0.15, 0.2) is 72.9 Å². The van der Waals surface area contributed by atoms with Crippen molar-refractivity contribution in [1.29, 1.82) is 0 Å². The van der Waals surface area contributed by atoms with E-state index in [1.165, 1.54) is 154 Å². The maximum Gasteiger partial charge on any atom is 0.306 e. The van der Waals surface area contributed by atoms with E-state index in [9.17, 15) is 14.4 Å². The van der Waals surface area contributed by atoms with Crippen molar-refractivity contribution in [2.45, 2.75) is 297 Å². The molecule has 69 heavy (non-hydrogen) atoms. The Kier molecular flexibility index (Phi) is 54.8.